The van der Waals surface area contributed by atoms with Crippen LogP contribution in [0.4, 0.5) is 0 Å². The molecule has 0 amide bonds. The molecule has 5 heteroatoms. The molecule has 2 fully saturated rings. The molecule has 3 atom stereocenters. The highest BCUT2D eigenvalue weighted by molar-refractivity contribution is 9.09. The van der Waals surface area contributed by atoms with Crippen molar-refractivity contribution < 1.29 is 13.3 Å². The average Bonchev–Trinajstić information content (AvgIpc) is 2.90. The van der Waals surface area contributed by atoms with Crippen molar-refractivity contribution in [1.82, 2.24) is 0 Å². The van der Waals surface area contributed by atoms with Gasteiger partial charge in [-0.25, -0.2) is 0 Å². The van der Waals surface area contributed by atoms with Crippen molar-refractivity contribution in [1.29, 1.82) is 0 Å². The van der Waals surface area contributed by atoms with Crippen molar-refractivity contribution in [3.8, 4) is 0 Å². The average molecular weight is 309 g/mol. The van der Waals surface area contributed by atoms with Crippen molar-refractivity contribution >= 4 is 24.7 Å². The van der Waals surface area contributed by atoms with E-state index in [-0.39, 0.29) is 5.04 Å². The summed E-state index contributed by atoms with van der Waals surface area (Å²) in [4.78, 5) is 0. The van der Waals surface area contributed by atoms with Crippen LogP contribution in [0.1, 0.15) is 25.7 Å². The molecular weight excluding hydrogens is 288 g/mol. The van der Waals surface area contributed by atoms with Crippen LogP contribution in [0.15, 0.2) is 0 Å². The Morgan fingerprint density at radius 1 is 1.19 bits per heavy atom. The highest BCUT2D eigenvalue weighted by Crippen LogP contribution is 2.66. The van der Waals surface area contributed by atoms with Gasteiger partial charge in [0.2, 0.25) is 0 Å². The Balaban J connectivity index is 2.25. The third-order valence-corrected chi connectivity index (χ3v) is 9.02. The molecular formula is C11H21BrO3Si. The van der Waals surface area contributed by atoms with Gasteiger partial charge in [-0.1, -0.05) is 15.9 Å². The molecule has 3 nitrogen and oxygen atoms in total. The van der Waals surface area contributed by atoms with Crippen LogP contribution in [0.25, 0.3) is 0 Å². The zero-order chi connectivity index (χ0) is 11.8. The molecule has 2 bridgehead atoms. The minimum absolute atomic E-state index is 0.189. The summed E-state index contributed by atoms with van der Waals surface area (Å²) in [7, 11) is 2.74. The standard InChI is InChI=1S/C11H21BrO3Si/c1-13-16(14-2,15-3)11-5-4-9(6-11)10(7-11)8-12/h9-10H,4-8H2,1-3H3. The minimum Gasteiger partial charge on any atom is -0.377 e. The summed E-state index contributed by atoms with van der Waals surface area (Å²) in [5, 5.41) is 1.29. The van der Waals surface area contributed by atoms with E-state index in [0.717, 1.165) is 17.2 Å². The van der Waals surface area contributed by atoms with Gasteiger partial charge in [-0.3, -0.25) is 0 Å². The van der Waals surface area contributed by atoms with Crippen LogP contribution in [0, 0.1) is 11.8 Å². The number of hydrogen-bond donors (Lipinski definition) is 0. The van der Waals surface area contributed by atoms with Gasteiger partial charge in [0, 0.05) is 31.7 Å². The summed E-state index contributed by atoms with van der Waals surface area (Å²) < 4.78 is 17.1. The Bertz CT molecular complexity index is 251. The topological polar surface area (TPSA) is 27.7 Å². The fourth-order valence-corrected chi connectivity index (χ4v) is 7.94. The van der Waals surface area contributed by atoms with Crippen LogP contribution >= 0.6 is 15.9 Å². The SMILES string of the molecule is CO[Si](OC)(OC)C12CCC(C1)C(CBr)C2. The lowest BCUT2D eigenvalue weighted by Crippen LogP contribution is -2.53. The highest BCUT2D eigenvalue weighted by atomic mass is 79.9. The molecule has 2 aliphatic rings. The van der Waals surface area contributed by atoms with Gasteiger partial charge in [-0.2, -0.15) is 0 Å². The Morgan fingerprint density at radius 3 is 2.25 bits per heavy atom. The molecule has 2 saturated carbocycles. The summed E-state index contributed by atoms with van der Waals surface area (Å²) in [6.45, 7) is 0. The van der Waals surface area contributed by atoms with E-state index in [4.69, 9.17) is 13.3 Å². The lowest BCUT2D eigenvalue weighted by atomic mass is 9.90. The molecule has 94 valence electrons. The lowest BCUT2D eigenvalue weighted by Gasteiger charge is -2.40. The Labute approximate surface area is 107 Å². The maximum absolute atomic E-state index is 5.71. The zero-order valence-corrected chi connectivity index (χ0v) is 12.9. The van der Waals surface area contributed by atoms with Crippen molar-refractivity contribution in [3.63, 3.8) is 0 Å². The molecule has 2 aliphatic carbocycles. The molecule has 0 N–H and O–H groups in total. The Kier molecular flexibility index (Phi) is 3.81. The smallest absolute Gasteiger partial charge is 0.377 e. The lowest BCUT2D eigenvalue weighted by molar-refractivity contribution is 0.0873. The molecule has 0 radical (unpaired) electrons. The fraction of sp³-hybridized carbons (Fsp3) is 1.00. The van der Waals surface area contributed by atoms with Gasteiger partial charge in [0.15, 0.2) is 0 Å². The van der Waals surface area contributed by atoms with Gasteiger partial charge in [-0.05, 0) is 37.5 Å². The molecule has 0 aromatic carbocycles. The number of halogens is 1. The highest BCUT2D eigenvalue weighted by Gasteiger charge is 2.66. The predicted molar refractivity (Wildman–Crippen MR) is 68.7 cm³/mol. The summed E-state index contributed by atoms with van der Waals surface area (Å²) in [6, 6.07) is 0. The van der Waals surface area contributed by atoms with Crippen LogP contribution in [-0.2, 0) is 13.3 Å². The van der Waals surface area contributed by atoms with Gasteiger partial charge in [0.25, 0.3) is 0 Å². The van der Waals surface area contributed by atoms with Crippen LogP contribution in [0.2, 0.25) is 5.04 Å². The number of alkyl halides is 1. The maximum atomic E-state index is 5.71. The molecule has 3 unspecified atom stereocenters. The Morgan fingerprint density at radius 2 is 1.81 bits per heavy atom. The quantitative estimate of drug-likeness (QED) is 0.577. The summed E-state index contributed by atoms with van der Waals surface area (Å²) in [5.41, 5.74) is 0. The Hall–Kier alpha value is 0.577. The van der Waals surface area contributed by atoms with Gasteiger partial charge in [0.05, 0.1) is 0 Å². The van der Waals surface area contributed by atoms with E-state index in [0.29, 0.717) is 0 Å². The van der Waals surface area contributed by atoms with Gasteiger partial charge in [0.1, 0.15) is 0 Å². The van der Waals surface area contributed by atoms with E-state index < -0.39 is 8.80 Å². The molecule has 0 aromatic heterocycles. The zero-order valence-electron chi connectivity index (χ0n) is 10.3. The predicted octanol–water partition coefficient (Wildman–Crippen LogP) is 2.82. The van der Waals surface area contributed by atoms with Crippen LogP contribution in [0.3, 0.4) is 0 Å². The van der Waals surface area contributed by atoms with E-state index in [1.54, 1.807) is 21.3 Å². The first kappa shape index (κ1) is 13.0. The van der Waals surface area contributed by atoms with E-state index in [1.165, 1.54) is 25.7 Å². The van der Waals surface area contributed by atoms with Crippen LogP contribution < -0.4 is 0 Å². The molecule has 2 rings (SSSR count). The number of rotatable bonds is 5. The number of fused-ring (bicyclic) bond motifs is 2. The maximum Gasteiger partial charge on any atom is 0.506 e. The molecule has 0 aromatic rings. The van der Waals surface area contributed by atoms with E-state index >= 15 is 0 Å². The van der Waals surface area contributed by atoms with E-state index in [9.17, 15) is 0 Å². The van der Waals surface area contributed by atoms with Gasteiger partial charge >= 0.3 is 8.80 Å². The molecule has 0 aliphatic heterocycles. The van der Waals surface area contributed by atoms with Crippen molar-refractivity contribution in [3.05, 3.63) is 0 Å². The molecule has 0 heterocycles. The largest absolute Gasteiger partial charge is 0.506 e. The summed E-state index contributed by atoms with van der Waals surface area (Å²) in [6.07, 6.45) is 4.94. The summed E-state index contributed by atoms with van der Waals surface area (Å²) in [5.74, 6) is 1.62. The second kappa shape index (κ2) is 4.69. The first-order chi connectivity index (χ1) is 7.67. The van der Waals surface area contributed by atoms with Crippen molar-refractivity contribution in [2.24, 2.45) is 11.8 Å². The van der Waals surface area contributed by atoms with Crippen molar-refractivity contribution in [2.75, 3.05) is 26.7 Å². The van der Waals surface area contributed by atoms with Gasteiger partial charge in [-0.15, -0.1) is 0 Å². The third kappa shape index (κ3) is 1.63. The summed E-state index contributed by atoms with van der Waals surface area (Å²) >= 11 is 3.63. The third-order valence-electron chi connectivity index (χ3n) is 4.62. The molecule has 0 spiro atoms. The second-order valence-electron chi connectivity index (χ2n) is 5.07. The first-order valence-corrected chi connectivity index (χ1v) is 8.73. The second-order valence-corrected chi connectivity index (χ2v) is 9.12. The first-order valence-electron chi connectivity index (χ1n) is 5.88. The monoisotopic (exact) mass is 308 g/mol. The van der Waals surface area contributed by atoms with Gasteiger partial charge < -0.3 is 13.3 Å². The van der Waals surface area contributed by atoms with Crippen LogP contribution in [0.5, 0.6) is 0 Å². The molecule has 16 heavy (non-hydrogen) atoms. The van der Waals surface area contributed by atoms with Crippen molar-refractivity contribution in [2.45, 2.75) is 30.7 Å². The fourth-order valence-electron chi connectivity index (χ4n) is 3.91. The number of hydrogen-bond acceptors (Lipinski definition) is 3. The molecule has 0 saturated heterocycles. The van der Waals surface area contributed by atoms with Crippen LogP contribution in [-0.4, -0.2) is 35.5 Å². The normalized spacial score (nSPS) is 38.2. The minimum atomic E-state index is -2.47. The van der Waals surface area contributed by atoms with E-state index in [1.807, 2.05) is 0 Å². The van der Waals surface area contributed by atoms with E-state index in [2.05, 4.69) is 15.9 Å².